The summed E-state index contributed by atoms with van der Waals surface area (Å²) in [5.74, 6) is -0.851. The molecule has 0 saturated heterocycles. The molecule has 0 saturated carbocycles. The van der Waals surface area contributed by atoms with Crippen molar-refractivity contribution in [1.82, 2.24) is 10.9 Å². The number of nitrogens with zero attached hydrogens (tertiary/aromatic N) is 1. The molecule has 0 aliphatic carbocycles. The maximum absolute atomic E-state index is 13.8. The number of methoxy groups -OCH3 is 2. The average molecular weight is 485 g/mol. The minimum Gasteiger partial charge on any atom is -0.497 e. The Morgan fingerprint density at radius 1 is 0.941 bits per heavy atom. The normalized spacial score (nSPS) is 10.3. The first-order valence-electron chi connectivity index (χ1n) is 9.80. The zero-order chi connectivity index (χ0) is 24.7. The third-order valence-electron chi connectivity index (χ3n) is 4.66. The van der Waals surface area contributed by atoms with Crippen LogP contribution in [0.5, 0.6) is 11.5 Å². The van der Waals surface area contributed by atoms with Crippen LogP contribution in [-0.2, 0) is 5.75 Å². The van der Waals surface area contributed by atoms with Crippen LogP contribution in [0.3, 0.4) is 0 Å². The molecule has 3 aromatic rings. The van der Waals surface area contributed by atoms with Gasteiger partial charge in [-0.05, 0) is 35.9 Å². The van der Waals surface area contributed by atoms with Gasteiger partial charge >= 0.3 is 0 Å². The van der Waals surface area contributed by atoms with Crippen LogP contribution in [0, 0.1) is 15.9 Å². The lowest BCUT2D eigenvalue weighted by Crippen LogP contribution is -2.41. The Morgan fingerprint density at radius 3 is 2.15 bits per heavy atom. The molecule has 9 nitrogen and oxygen atoms in total. The van der Waals surface area contributed by atoms with Crippen LogP contribution in [0.25, 0.3) is 0 Å². The molecule has 34 heavy (non-hydrogen) atoms. The van der Waals surface area contributed by atoms with Crippen LogP contribution in [0.4, 0.5) is 10.1 Å². The first kappa shape index (κ1) is 24.5. The monoisotopic (exact) mass is 485 g/mol. The third-order valence-corrected chi connectivity index (χ3v) is 5.77. The molecule has 0 unspecified atom stereocenters. The van der Waals surface area contributed by atoms with Gasteiger partial charge in [0.2, 0.25) is 0 Å². The number of carbonyl (C=O) groups is 2. The number of amides is 2. The highest BCUT2D eigenvalue weighted by Gasteiger charge is 2.19. The van der Waals surface area contributed by atoms with Crippen molar-refractivity contribution in [3.05, 3.63) is 93.3 Å². The Balaban J connectivity index is 1.70. The molecule has 0 atom stereocenters. The van der Waals surface area contributed by atoms with Crippen molar-refractivity contribution in [3.8, 4) is 11.5 Å². The largest absolute Gasteiger partial charge is 0.497 e. The van der Waals surface area contributed by atoms with Crippen molar-refractivity contribution in [3.63, 3.8) is 0 Å². The minimum absolute atomic E-state index is 0.0366. The highest BCUT2D eigenvalue weighted by atomic mass is 32.2. The summed E-state index contributed by atoms with van der Waals surface area (Å²) in [6.07, 6.45) is 0. The van der Waals surface area contributed by atoms with E-state index < -0.39 is 22.6 Å². The van der Waals surface area contributed by atoms with Gasteiger partial charge in [-0.25, -0.2) is 4.39 Å². The molecule has 3 rings (SSSR count). The molecule has 0 fully saturated rings. The van der Waals surface area contributed by atoms with Gasteiger partial charge in [-0.2, -0.15) is 0 Å². The van der Waals surface area contributed by atoms with Gasteiger partial charge in [-0.1, -0.05) is 18.2 Å². The molecule has 0 bridgehead atoms. The molecule has 2 N–H and O–H groups in total. The van der Waals surface area contributed by atoms with Gasteiger partial charge in [0, 0.05) is 29.0 Å². The molecule has 3 aromatic carbocycles. The number of halogens is 1. The second-order valence-corrected chi connectivity index (χ2v) is 7.85. The van der Waals surface area contributed by atoms with Crippen molar-refractivity contribution in [2.24, 2.45) is 0 Å². The fourth-order valence-electron chi connectivity index (χ4n) is 2.89. The fraction of sp³-hybridized carbons (Fsp3) is 0.130. The van der Waals surface area contributed by atoms with E-state index in [-0.39, 0.29) is 27.5 Å². The van der Waals surface area contributed by atoms with Gasteiger partial charge in [-0.3, -0.25) is 30.6 Å². The number of nitro groups is 1. The van der Waals surface area contributed by atoms with Gasteiger partial charge in [0.15, 0.2) is 0 Å². The summed E-state index contributed by atoms with van der Waals surface area (Å²) < 4.78 is 24.0. The molecular weight excluding hydrogens is 465 g/mol. The summed E-state index contributed by atoms with van der Waals surface area (Å²) in [5, 5.41) is 11.5. The Bertz CT molecular complexity index is 1210. The van der Waals surface area contributed by atoms with E-state index in [2.05, 4.69) is 10.9 Å². The number of benzene rings is 3. The number of carbonyl (C=O) groups excluding carboxylic acids is 2. The van der Waals surface area contributed by atoms with E-state index in [0.717, 1.165) is 17.8 Å². The Labute approximate surface area is 198 Å². The first-order chi connectivity index (χ1) is 16.3. The predicted octanol–water partition coefficient (Wildman–Crippen LogP) is 4.12. The smallest absolute Gasteiger partial charge is 0.283 e. The number of hydrogen-bond donors (Lipinski definition) is 2. The van der Waals surface area contributed by atoms with Crippen LogP contribution < -0.4 is 20.3 Å². The minimum atomic E-state index is -0.753. The number of nitrogens with one attached hydrogen (secondary N) is 2. The second kappa shape index (κ2) is 11.1. The Kier molecular flexibility index (Phi) is 8.04. The van der Waals surface area contributed by atoms with E-state index >= 15 is 0 Å². The molecule has 0 aliphatic heterocycles. The average Bonchev–Trinajstić information content (AvgIpc) is 2.85. The van der Waals surface area contributed by atoms with Gasteiger partial charge in [0.05, 0.1) is 24.0 Å². The highest BCUT2D eigenvalue weighted by Crippen LogP contribution is 2.33. The maximum atomic E-state index is 13.8. The number of hydrazine groups is 1. The van der Waals surface area contributed by atoms with Gasteiger partial charge in [0.25, 0.3) is 17.5 Å². The maximum Gasteiger partial charge on any atom is 0.283 e. The van der Waals surface area contributed by atoms with Crippen LogP contribution in [0.1, 0.15) is 26.3 Å². The van der Waals surface area contributed by atoms with Crippen LogP contribution >= 0.6 is 11.8 Å². The molecule has 176 valence electrons. The number of nitro benzene ring substituents is 1. The number of hydrogen-bond acceptors (Lipinski definition) is 7. The first-order valence-corrected chi connectivity index (χ1v) is 10.8. The Morgan fingerprint density at radius 2 is 1.56 bits per heavy atom. The lowest BCUT2D eigenvalue weighted by molar-refractivity contribution is -0.387. The third kappa shape index (κ3) is 6.01. The number of thioether (sulfide) groups is 1. The van der Waals surface area contributed by atoms with Crippen molar-refractivity contribution in [2.75, 3.05) is 14.2 Å². The zero-order valence-corrected chi connectivity index (χ0v) is 19.0. The summed E-state index contributed by atoms with van der Waals surface area (Å²) in [7, 11) is 2.87. The second-order valence-electron chi connectivity index (χ2n) is 6.83. The summed E-state index contributed by atoms with van der Waals surface area (Å²) in [6.45, 7) is 0. The Hall–Kier alpha value is -4.12. The highest BCUT2D eigenvalue weighted by molar-refractivity contribution is 7.98. The van der Waals surface area contributed by atoms with Gasteiger partial charge in [0.1, 0.15) is 17.3 Å². The number of ether oxygens (including phenoxy) is 2. The van der Waals surface area contributed by atoms with Crippen molar-refractivity contribution in [2.45, 2.75) is 10.6 Å². The molecule has 11 heteroatoms. The van der Waals surface area contributed by atoms with Gasteiger partial charge < -0.3 is 9.47 Å². The standard InChI is InChI=1S/C23H20FN3O6S/c1-32-17-9-16(10-18(12-17)33-2)23(29)26-25-22(28)14-7-8-21(20(11-14)27(30)31)34-13-15-5-3-4-6-19(15)24/h3-12H,13H2,1-2H3,(H,25,28)(H,26,29). The lowest BCUT2D eigenvalue weighted by atomic mass is 10.2. The zero-order valence-electron chi connectivity index (χ0n) is 18.2. The fourth-order valence-corrected chi connectivity index (χ4v) is 3.88. The van der Waals surface area contributed by atoms with Gasteiger partial charge in [-0.15, -0.1) is 11.8 Å². The van der Waals surface area contributed by atoms with Crippen molar-refractivity contribution in [1.29, 1.82) is 0 Å². The quantitative estimate of drug-likeness (QED) is 0.280. The summed E-state index contributed by atoms with van der Waals surface area (Å²) in [4.78, 5) is 36.1. The predicted molar refractivity (Wildman–Crippen MR) is 124 cm³/mol. The van der Waals surface area contributed by atoms with Crippen molar-refractivity contribution < 1.29 is 28.4 Å². The van der Waals surface area contributed by atoms with Crippen LogP contribution in [-0.4, -0.2) is 31.0 Å². The molecule has 0 aromatic heterocycles. The number of rotatable bonds is 8. The molecule has 0 heterocycles. The van der Waals surface area contributed by atoms with E-state index in [4.69, 9.17) is 9.47 Å². The lowest BCUT2D eigenvalue weighted by Gasteiger charge is -2.11. The molecular formula is C23H20FN3O6S. The topological polar surface area (TPSA) is 120 Å². The van der Waals surface area contributed by atoms with E-state index in [1.165, 1.54) is 44.6 Å². The summed E-state index contributed by atoms with van der Waals surface area (Å²) in [6, 6.07) is 14.5. The molecule has 0 aliphatic rings. The van der Waals surface area contributed by atoms with E-state index in [9.17, 15) is 24.1 Å². The van der Waals surface area contributed by atoms with E-state index in [1.807, 2.05) is 0 Å². The summed E-state index contributed by atoms with van der Waals surface area (Å²) in [5.41, 5.74) is 4.70. The molecule has 2 amide bonds. The van der Waals surface area contributed by atoms with E-state index in [0.29, 0.717) is 17.1 Å². The van der Waals surface area contributed by atoms with E-state index in [1.54, 1.807) is 24.3 Å². The SMILES string of the molecule is COc1cc(OC)cc(C(=O)NNC(=O)c2ccc(SCc3ccccc3F)c([N+](=O)[O-])c2)c1. The van der Waals surface area contributed by atoms with Crippen LogP contribution in [0.15, 0.2) is 65.6 Å². The summed E-state index contributed by atoms with van der Waals surface area (Å²) >= 11 is 1.08. The molecule has 0 radical (unpaired) electrons. The van der Waals surface area contributed by atoms with Crippen LogP contribution in [0.2, 0.25) is 0 Å². The molecule has 0 spiro atoms. The van der Waals surface area contributed by atoms with Crippen molar-refractivity contribution >= 4 is 29.3 Å².